The molecule has 0 aliphatic carbocycles. The van der Waals surface area contributed by atoms with Crippen molar-refractivity contribution in [1.29, 1.82) is 0 Å². The van der Waals surface area contributed by atoms with Gasteiger partial charge in [0.1, 0.15) is 18.1 Å². The molecule has 1 fully saturated rings. The fourth-order valence-corrected chi connectivity index (χ4v) is 4.20. The molecule has 1 atom stereocenters. The lowest BCUT2D eigenvalue weighted by Gasteiger charge is -2.28. The lowest BCUT2D eigenvalue weighted by molar-refractivity contribution is -0.132. The van der Waals surface area contributed by atoms with Crippen LogP contribution in [0.15, 0.2) is 78.6 Å². The van der Waals surface area contributed by atoms with Gasteiger partial charge in [0.15, 0.2) is 0 Å². The number of fused-ring (bicyclic) bond motifs is 1. The van der Waals surface area contributed by atoms with E-state index in [1.54, 1.807) is 67.0 Å². The van der Waals surface area contributed by atoms with Gasteiger partial charge in [-0.25, -0.2) is 0 Å². The molecule has 160 valence electrons. The molecule has 2 aliphatic heterocycles. The number of aromatic nitrogens is 1. The molecule has 7 nitrogen and oxygen atoms in total. The molecule has 0 spiro atoms. The normalized spacial score (nSPS) is 19.6. The molecule has 0 bridgehead atoms. The van der Waals surface area contributed by atoms with Crippen LogP contribution in [0.25, 0.3) is 5.76 Å². The van der Waals surface area contributed by atoms with Crippen LogP contribution in [0.1, 0.15) is 17.2 Å². The quantitative estimate of drug-likeness (QED) is 0.391. The Bertz CT molecular complexity index is 1220. The first kappa shape index (κ1) is 19.8. The number of ketones is 1. The zero-order valence-corrected chi connectivity index (χ0v) is 17.4. The number of anilines is 2. The predicted octanol–water partition coefficient (Wildman–Crippen LogP) is 3.54. The van der Waals surface area contributed by atoms with E-state index in [1.165, 1.54) is 4.90 Å². The van der Waals surface area contributed by atoms with Crippen molar-refractivity contribution in [2.45, 2.75) is 6.04 Å². The maximum Gasteiger partial charge on any atom is 0.300 e. The predicted molar refractivity (Wildman–Crippen MR) is 121 cm³/mol. The van der Waals surface area contributed by atoms with Crippen LogP contribution in [0.4, 0.5) is 11.4 Å². The first-order valence-electron chi connectivity index (χ1n) is 10.3. The Hall–Kier alpha value is -4.13. The molecule has 3 aromatic rings. The van der Waals surface area contributed by atoms with Crippen molar-refractivity contribution in [2.75, 3.05) is 30.0 Å². The number of aliphatic hydroxyl groups excluding tert-OH is 1. The van der Waals surface area contributed by atoms with E-state index < -0.39 is 17.7 Å². The third-order valence-electron chi connectivity index (χ3n) is 5.83. The standard InChI is InChI=1S/C25H21N3O4/c1-27-13-14-32-20-8-7-17(15-19(20)27)23(29)21-22(16-9-11-26-12-10-16)28(25(31)24(21)30)18-5-3-2-4-6-18/h2-12,15,22,29H,13-14H2,1H3/b23-21-. The van der Waals surface area contributed by atoms with Gasteiger partial charge in [0.2, 0.25) is 0 Å². The van der Waals surface area contributed by atoms with Gasteiger partial charge < -0.3 is 14.7 Å². The average Bonchev–Trinajstić information content (AvgIpc) is 3.10. The second-order valence-corrected chi connectivity index (χ2v) is 7.74. The number of aliphatic hydroxyl groups is 1. The van der Waals surface area contributed by atoms with Crippen LogP contribution in [0.5, 0.6) is 5.75 Å². The van der Waals surface area contributed by atoms with Gasteiger partial charge in [-0.15, -0.1) is 0 Å². The summed E-state index contributed by atoms with van der Waals surface area (Å²) in [5.41, 5.74) is 2.57. The Morgan fingerprint density at radius 3 is 2.56 bits per heavy atom. The Kier molecular flexibility index (Phi) is 4.86. The second-order valence-electron chi connectivity index (χ2n) is 7.74. The minimum absolute atomic E-state index is 0.0457. The summed E-state index contributed by atoms with van der Waals surface area (Å²) in [4.78, 5) is 33.8. The molecule has 3 heterocycles. The molecule has 1 aromatic heterocycles. The third kappa shape index (κ3) is 3.19. The number of hydrogen-bond donors (Lipinski definition) is 1. The Morgan fingerprint density at radius 2 is 1.81 bits per heavy atom. The van der Waals surface area contributed by atoms with Gasteiger partial charge >= 0.3 is 0 Å². The minimum atomic E-state index is -0.773. The molecule has 1 unspecified atom stereocenters. The van der Waals surface area contributed by atoms with Crippen LogP contribution in [-0.4, -0.2) is 42.0 Å². The number of nitrogens with zero attached hydrogens (tertiary/aromatic N) is 3. The van der Waals surface area contributed by atoms with E-state index in [0.29, 0.717) is 35.7 Å². The molecule has 5 rings (SSSR count). The zero-order valence-electron chi connectivity index (χ0n) is 17.4. The molecule has 1 amide bonds. The maximum atomic E-state index is 13.2. The summed E-state index contributed by atoms with van der Waals surface area (Å²) in [6, 6.07) is 17.0. The van der Waals surface area contributed by atoms with Crippen molar-refractivity contribution >= 4 is 28.8 Å². The van der Waals surface area contributed by atoms with Crippen molar-refractivity contribution in [3.05, 3.63) is 89.8 Å². The molecule has 2 aromatic carbocycles. The number of amides is 1. The smallest absolute Gasteiger partial charge is 0.300 e. The third-order valence-corrected chi connectivity index (χ3v) is 5.83. The van der Waals surface area contributed by atoms with Gasteiger partial charge in [-0.2, -0.15) is 0 Å². The number of carbonyl (C=O) groups is 2. The van der Waals surface area contributed by atoms with Gasteiger partial charge in [0.25, 0.3) is 11.7 Å². The maximum absolute atomic E-state index is 13.2. The highest BCUT2D eigenvalue weighted by Gasteiger charge is 2.47. The van der Waals surface area contributed by atoms with E-state index in [0.717, 1.165) is 5.69 Å². The first-order valence-corrected chi connectivity index (χ1v) is 10.3. The van der Waals surface area contributed by atoms with Crippen molar-refractivity contribution in [2.24, 2.45) is 0 Å². The lowest BCUT2D eigenvalue weighted by Crippen LogP contribution is -2.29. The van der Waals surface area contributed by atoms with Gasteiger partial charge in [-0.1, -0.05) is 18.2 Å². The number of hydrogen-bond acceptors (Lipinski definition) is 6. The minimum Gasteiger partial charge on any atom is -0.507 e. The molecule has 2 aliphatic rings. The largest absolute Gasteiger partial charge is 0.507 e. The van der Waals surface area contributed by atoms with Crippen LogP contribution >= 0.6 is 0 Å². The van der Waals surface area contributed by atoms with E-state index in [-0.39, 0.29) is 11.3 Å². The summed E-state index contributed by atoms with van der Waals surface area (Å²) in [6.07, 6.45) is 3.21. The van der Waals surface area contributed by atoms with Crippen molar-refractivity contribution in [3.8, 4) is 5.75 Å². The zero-order chi connectivity index (χ0) is 22.2. The topological polar surface area (TPSA) is 83.0 Å². The number of ether oxygens (including phenoxy) is 1. The number of carbonyl (C=O) groups excluding carboxylic acids is 2. The summed E-state index contributed by atoms with van der Waals surface area (Å²) >= 11 is 0. The SMILES string of the molecule is CN1CCOc2ccc(/C(O)=C3/C(=O)C(=O)N(c4ccccc4)C3c3ccncc3)cc21. The molecule has 0 radical (unpaired) electrons. The van der Waals surface area contributed by atoms with E-state index in [2.05, 4.69) is 4.98 Å². The first-order chi connectivity index (χ1) is 15.6. The summed E-state index contributed by atoms with van der Waals surface area (Å²) in [5, 5.41) is 11.3. The van der Waals surface area contributed by atoms with Crippen LogP contribution in [0.3, 0.4) is 0 Å². The monoisotopic (exact) mass is 427 g/mol. The Balaban J connectivity index is 1.69. The fourth-order valence-electron chi connectivity index (χ4n) is 4.20. The summed E-state index contributed by atoms with van der Waals surface area (Å²) in [5.74, 6) is -0.912. The summed E-state index contributed by atoms with van der Waals surface area (Å²) in [6.45, 7) is 1.30. The number of benzene rings is 2. The molecule has 1 N–H and O–H groups in total. The van der Waals surface area contributed by atoms with Gasteiger partial charge in [0, 0.05) is 30.7 Å². The molecule has 7 heteroatoms. The van der Waals surface area contributed by atoms with E-state index in [4.69, 9.17) is 4.74 Å². The highest BCUT2D eigenvalue weighted by atomic mass is 16.5. The van der Waals surface area contributed by atoms with Crippen LogP contribution < -0.4 is 14.5 Å². The van der Waals surface area contributed by atoms with Crippen LogP contribution in [0, 0.1) is 0 Å². The summed E-state index contributed by atoms with van der Waals surface area (Å²) in [7, 11) is 1.94. The highest BCUT2D eigenvalue weighted by molar-refractivity contribution is 6.51. The van der Waals surface area contributed by atoms with Gasteiger partial charge in [-0.05, 0) is 48.0 Å². The Morgan fingerprint density at radius 1 is 1.06 bits per heavy atom. The number of para-hydroxylation sites is 1. The number of pyridine rings is 1. The second kappa shape index (κ2) is 7.85. The van der Waals surface area contributed by atoms with Gasteiger partial charge in [0.05, 0.1) is 23.8 Å². The number of rotatable bonds is 3. The van der Waals surface area contributed by atoms with E-state index in [1.807, 2.05) is 18.0 Å². The Labute approximate surface area is 185 Å². The molecule has 32 heavy (non-hydrogen) atoms. The van der Waals surface area contributed by atoms with Gasteiger partial charge in [-0.3, -0.25) is 19.5 Å². The van der Waals surface area contributed by atoms with Crippen LogP contribution in [-0.2, 0) is 9.59 Å². The average molecular weight is 427 g/mol. The highest BCUT2D eigenvalue weighted by Crippen LogP contribution is 2.43. The van der Waals surface area contributed by atoms with E-state index in [9.17, 15) is 14.7 Å². The summed E-state index contributed by atoms with van der Waals surface area (Å²) < 4.78 is 5.68. The van der Waals surface area contributed by atoms with Crippen molar-refractivity contribution in [3.63, 3.8) is 0 Å². The molecular formula is C25H21N3O4. The lowest BCUT2D eigenvalue weighted by atomic mass is 9.95. The number of likely N-dealkylation sites (N-methyl/N-ethyl adjacent to an activating group) is 1. The number of Topliss-reactive ketones (excluding diaryl/α,β-unsaturated/α-hetero) is 1. The van der Waals surface area contributed by atoms with Crippen LogP contribution in [0.2, 0.25) is 0 Å². The fraction of sp³-hybridized carbons (Fsp3) is 0.160. The van der Waals surface area contributed by atoms with E-state index >= 15 is 0 Å². The van der Waals surface area contributed by atoms with Crippen molar-refractivity contribution in [1.82, 2.24) is 4.98 Å². The molecule has 1 saturated heterocycles. The van der Waals surface area contributed by atoms with Crippen molar-refractivity contribution < 1.29 is 19.4 Å². The molecule has 0 saturated carbocycles. The molecular weight excluding hydrogens is 406 g/mol.